The van der Waals surface area contributed by atoms with E-state index < -0.39 is 0 Å². The predicted molar refractivity (Wildman–Crippen MR) is 49.6 cm³/mol. The molecule has 0 aliphatic carbocycles. The van der Waals surface area contributed by atoms with E-state index in [2.05, 4.69) is 11.6 Å². The maximum absolute atomic E-state index is 5.64. The van der Waals surface area contributed by atoms with E-state index >= 15 is 0 Å². The maximum atomic E-state index is 5.64. The van der Waals surface area contributed by atoms with Crippen LogP contribution in [-0.4, -0.2) is 10.7 Å². The summed E-state index contributed by atoms with van der Waals surface area (Å²) in [6.07, 6.45) is 5.25. The van der Waals surface area contributed by atoms with Crippen LogP contribution in [-0.2, 0) is 0 Å². The predicted octanol–water partition coefficient (Wildman–Crippen LogP) is 1.94. The van der Waals surface area contributed by atoms with Crippen molar-refractivity contribution in [3.8, 4) is 0 Å². The fraction of sp³-hybridized carbons (Fsp3) is 0.125. The minimum absolute atomic E-state index is 0.736. The molecule has 1 heterocycles. The molecule has 0 radical (unpaired) electrons. The molecule has 0 atom stereocenters. The van der Waals surface area contributed by atoms with Gasteiger partial charge in [0.1, 0.15) is 0 Å². The SMILES string of the molecule is C=CCSc1ccncc1N. The van der Waals surface area contributed by atoms with E-state index in [0.717, 1.165) is 16.3 Å². The normalized spacial score (nSPS) is 9.45. The van der Waals surface area contributed by atoms with Gasteiger partial charge in [-0.05, 0) is 6.07 Å². The number of pyridine rings is 1. The van der Waals surface area contributed by atoms with Crippen LogP contribution < -0.4 is 5.73 Å². The third-order valence-electron chi connectivity index (χ3n) is 1.17. The van der Waals surface area contributed by atoms with E-state index in [4.69, 9.17) is 5.73 Å². The van der Waals surface area contributed by atoms with Crippen LogP contribution in [0.15, 0.2) is 36.0 Å². The van der Waals surface area contributed by atoms with E-state index in [9.17, 15) is 0 Å². The van der Waals surface area contributed by atoms with Gasteiger partial charge in [-0.2, -0.15) is 0 Å². The highest BCUT2D eigenvalue weighted by Gasteiger charge is 1.95. The molecule has 0 spiro atoms. The monoisotopic (exact) mass is 166 g/mol. The maximum Gasteiger partial charge on any atom is 0.0638 e. The Bertz CT molecular complexity index is 248. The van der Waals surface area contributed by atoms with Crippen LogP contribution in [0.2, 0.25) is 0 Å². The second kappa shape index (κ2) is 4.03. The Morgan fingerprint density at radius 1 is 1.73 bits per heavy atom. The summed E-state index contributed by atoms with van der Waals surface area (Å²) < 4.78 is 0. The summed E-state index contributed by atoms with van der Waals surface area (Å²) in [6, 6.07) is 1.91. The topological polar surface area (TPSA) is 38.9 Å². The van der Waals surface area contributed by atoms with Crippen molar-refractivity contribution in [3.63, 3.8) is 0 Å². The van der Waals surface area contributed by atoms with Gasteiger partial charge in [0.2, 0.25) is 0 Å². The Balaban J connectivity index is 2.69. The summed E-state index contributed by atoms with van der Waals surface area (Å²) in [5, 5.41) is 0. The standard InChI is InChI=1S/C8H10N2S/c1-2-5-11-8-3-4-10-6-7(8)9/h2-4,6H,1,5,9H2. The molecule has 0 aliphatic heterocycles. The molecule has 11 heavy (non-hydrogen) atoms. The summed E-state index contributed by atoms with van der Waals surface area (Å²) in [7, 11) is 0. The summed E-state index contributed by atoms with van der Waals surface area (Å²) in [6.45, 7) is 3.63. The van der Waals surface area contributed by atoms with Crippen molar-refractivity contribution >= 4 is 17.4 Å². The summed E-state index contributed by atoms with van der Waals surface area (Å²) in [4.78, 5) is 4.96. The van der Waals surface area contributed by atoms with Crippen LogP contribution in [0.4, 0.5) is 5.69 Å². The fourth-order valence-electron chi connectivity index (χ4n) is 0.674. The highest BCUT2D eigenvalue weighted by atomic mass is 32.2. The first kappa shape index (κ1) is 8.14. The van der Waals surface area contributed by atoms with Gasteiger partial charge in [-0.15, -0.1) is 18.3 Å². The van der Waals surface area contributed by atoms with Crippen molar-refractivity contribution in [3.05, 3.63) is 31.1 Å². The lowest BCUT2D eigenvalue weighted by atomic mass is 10.4. The number of thioether (sulfide) groups is 1. The molecule has 0 saturated carbocycles. The van der Waals surface area contributed by atoms with E-state index in [1.54, 1.807) is 24.2 Å². The number of anilines is 1. The van der Waals surface area contributed by atoms with Crippen molar-refractivity contribution in [2.24, 2.45) is 0 Å². The van der Waals surface area contributed by atoms with Crippen molar-refractivity contribution in [1.29, 1.82) is 0 Å². The van der Waals surface area contributed by atoms with Crippen molar-refractivity contribution in [1.82, 2.24) is 4.98 Å². The molecule has 0 bridgehead atoms. The first-order valence-corrected chi connectivity index (χ1v) is 4.26. The van der Waals surface area contributed by atoms with Crippen molar-refractivity contribution in [2.45, 2.75) is 4.90 Å². The van der Waals surface area contributed by atoms with Crippen molar-refractivity contribution in [2.75, 3.05) is 11.5 Å². The molecular formula is C8H10N2S. The molecule has 0 aromatic carbocycles. The quantitative estimate of drug-likeness (QED) is 0.551. The Kier molecular flexibility index (Phi) is 2.98. The molecule has 3 heteroatoms. The third kappa shape index (κ3) is 2.27. The molecule has 0 aliphatic rings. The first-order valence-electron chi connectivity index (χ1n) is 3.28. The molecule has 0 saturated heterocycles. The van der Waals surface area contributed by atoms with E-state index in [0.29, 0.717) is 0 Å². The van der Waals surface area contributed by atoms with Gasteiger partial charge in [0.05, 0.1) is 11.9 Å². The minimum Gasteiger partial charge on any atom is -0.397 e. The van der Waals surface area contributed by atoms with Gasteiger partial charge in [-0.25, -0.2) is 0 Å². The Morgan fingerprint density at radius 3 is 3.18 bits per heavy atom. The molecule has 2 N–H and O–H groups in total. The van der Waals surface area contributed by atoms with Gasteiger partial charge < -0.3 is 5.73 Å². The highest BCUT2D eigenvalue weighted by molar-refractivity contribution is 7.99. The molecule has 58 valence electrons. The molecule has 0 unspecified atom stereocenters. The second-order valence-electron chi connectivity index (χ2n) is 2.01. The van der Waals surface area contributed by atoms with E-state index in [1.165, 1.54) is 0 Å². The van der Waals surface area contributed by atoms with E-state index in [-0.39, 0.29) is 0 Å². The lowest BCUT2D eigenvalue weighted by Gasteiger charge is -2.00. The number of rotatable bonds is 3. The summed E-state index contributed by atoms with van der Waals surface area (Å²) in [5.74, 6) is 0.883. The fourth-order valence-corrected chi connectivity index (χ4v) is 1.35. The average molecular weight is 166 g/mol. The third-order valence-corrected chi connectivity index (χ3v) is 2.25. The van der Waals surface area contributed by atoms with Gasteiger partial charge in [0.25, 0.3) is 0 Å². The number of nitrogens with zero attached hydrogens (tertiary/aromatic N) is 1. The minimum atomic E-state index is 0.736. The first-order chi connectivity index (χ1) is 5.34. The molecule has 1 aromatic heterocycles. The smallest absolute Gasteiger partial charge is 0.0638 e. The van der Waals surface area contributed by atoms with Gasteiger partial charge in [-0.1, -0.05) is 6.08 Å². The van der Waals surface area contributed by atoms with E-state index in [1.807, 2.05) is 12.1 Å². The van der Waals surface area contributed by atoms with Crippen LogP contribution in [0.1, 0.15) is 0 Å². The number of hydrogen-bond donors (Lipinski definition) is 1. The van der Waals surface area contributed by atoms with Gasteiger partial charge in [-0.3, -0.25) is 4.98 Å². The van der Waals surface area contributed by atoms with Gasteiger partial charge in [0, 0.05) is 16.8 Å². The summed E-state index contributed by atoms with van der Waals surface area (Å²) >= 11 is 1.66. The second-order valence-corrected chi connectivity index (χ2v) is 3.08. The van der Waals surface area contributed by atoms with Crippen molar-refractivity contribution < 1.29 is 0 Å². The molecule has 2 nitrogen and oxygen atoms in total. The summed E-state index contributed by atoms with van der Waals surface area (Å²) in [5.41, 5.74) is 6.38. The number of hydrogen-bond acceptors (Lipinski definition) is 3. The number of nitrogen functional groups attached to an aromatic ring is 1. The van der Waals surface area contributed by atoms with Crippen LogP contribution in [0, 0.1) is 0 Å². The van der Waals surface area contributed by atoms with Crippen LogP contribution >= 0.6 is 11.8 Å². The Labute approximate surface area is 70.5 Å². The average Bonchev–Trinajstić information content (AvgIpc) is 2.03. The number of aromatic nitrogens is 1. The lowest BCUT2D eigenvalue weighted by Crippen LogP contribution is -1.88. The zero-order valence-corrected chi connectivity index (χ0v) is 6.97. The molecule has 0 amide bonds. The van der Waals surface area contributed by atoms with Crippen LogP contribution in [0.3, 0.4) is 0 Å². The Hall–Kier alpha value is -0.960. The molecule has 0 fully saturated rings. The van der Waals surface area contributed by atoms with Crippen LogP contribution in [0.25, 0.3) is 0 Å². The molecular weight excluding hydrogens is 156 g/mol. The molecule has 1 rings (SSSR count). The zero-order chi connectivity index (χ0) is 8.10. The zero-order valence-electron chi connectivity index (χ0n) is 6.16. The number of nitrogens with two attached hydrogens (primary N) is 1. The molecule has 1 aromatic rings. The van der Waals surface area contributed by atoms with Gasteiger partial charge in [0.15, 0.2) is 0 Å². The largest absolute Gasteiger partial charge is 0.397 e. The Morgan fingerprint density at radius 2 is 2.55 bits per heavy atom. The van der Waals surface area contributed by atoms with Crippen LogP contribution in [0.5, 0.6) is 0 Å². The highest BCUT2D eigenvalue weighted by Crippen LogP contribution is 2.22. The van der Waals surface area contributed by atoms with Gasteiger partial charge >= 0.3 is 0 Å². The lowest BCUT2D eigenvalue weighted by molar-refractivity contribution is 1.27.